The third kappa shape index (κ3) is 2.45. The van der Waals surface area contributed by atoms with Gasteiger partial charge >= 0.3 is 0 Å². The van der Waals surface area contributed by atoms with Crippen molar-refractivity contribution >= 4 is 27.3 Å². The summed E-state index contributed by atoms with van der Waals surface area (Å²) in [5.41, 5.74) is 6.70. The average molecular weight is 306 g/mol. The highest BCUT2D eigenvalue weighted by molar-refractivity contribution is 7.21. The van der Waals surface area contributed by atoms with Gasteiger partial charge in [0, 0.05) is 17.8 Å². The normalized spacial score (nSPS) is 22.2. The molecule has 1 aliphatic heterocycles. The van der Waals surface area contributed by atoms with E-state index in [2.05, 4.69) is 6.92 Å². The molecule has 5 heteroatoms. The fourth-order valence-electron chi connectivity index (χ4n) is 2.90. The van der Waals surface area contributed by atoms with Gasteiger partial charge in [0.25, 0.3) is 5.91 Å². The van der Waals surface area contributed by atoms with Crippen LogP contribution in [0.1, 0.15) is 28.6 Å². The number of likely N-dealkylation sites (tertiary alicyclic amines) is 1. The minimum atomic E-state index is -0.265. The summed E-state index contributed by atoms with van der Waals surface area (Å²) >= 11 is 1.45. The first-order valence-corrected chi connectivity index (χ1v) is 7.93. The van der Waals surface area contributed by atoms with E-state index in [0.29, 0.717) is 13.1 Å². The number of carbonyl (C=O) groups is 1. The first-order valence-electron chi connectivity index (χ1n) is 7.11. The predicted octanol–water partition coefficient (Wildman–Crippen LogP) is 3.16. The Bertz CT molecular complexity index is 712. The quantitative estimate of drug-likeness (QED) is 0.926. The zero-order valence-electron chi connectivity index (χ0n) is 12.3. The maximum atomic E-state index is 13.4. The second kappa shape index (κ2) is 5.07. The summed E-state index contributed by atoms with van der Waals surface area (Å²) in [6.45, 7) is 6.05. The molecule has 0 spiro atoms. The van der Waals surface area contributed by atoms with Gasteiger partial charge in [-0.15, -0.1) is 11.3 Å². The molecule has 1 amide bonds. The maximum Gasteiger partial charge on any atom is 0.264 e. The van der Waals surface area contributed by atoms with Crippen molar-refractivity contribution in [3.8, 4) is 0 Å². The maximum absolute atomic E-state index is 13.4. The molecular weight excluding hydrogens is 287 g/mol. The van der Waals surface area contributed by atoms with Crippen LogP contribution in [0.5, 0.6) is 0 Å². The molecule has 2 N–H and O–H groups in total. The molecule has 1 aromatic heterocycles. The number of rotatable bonds is 2. The van der Waals surface area contributed by atoms with Crippen LogP contribution >= 0.6 is 11.3 Å². The largest absolute Gasteiger partial charge is 0.337 e. The number of nitrogens with two attached hydrogens (primary N) is 1. The molecule has 0 bridgehead atoms. The van der Waals surface area contributed by atoms with Crippen LogP contribution in [0.4, 0.5) is 4.39 Å². The molecule has 2 heterocycles. The standard InChI is InChI=1S/C16H19FN2OS/c1-10-12-7-11(17)3-4-13(12)21-14(10)15(20)19-6-5-16(2,8-18)9-19/h3-4,7H,5-6,8-9,18H2,1-2H3. The Kier molecular flexibility index (Phi) is 3.50. The van der Waals surface area contributed by atoms with Crippen LogP contribution in [-0.4, -0.2) is 30.4 Å². The van der Waals surface area contributed by atoms with Crippen molar-refractivity contribution in [1.82, 2.24) is 4.90 Å². The van der Waals surface area contributed by atoms with Crippen LogP contribution < -0.4 is 5.73 Å². The predicted molar refractivity (Wildman–Crippen MR) is 84.2 cm³/mol. The lowest BCUT2D eigenvalue weighted by Gasteiger charge is -2.22. The van der Waals surface area contributed by atoms with Gasteiger partial charge < -0.3 is 10.6 Å². The smallest absolute Gasteiger partial charge is 0.264 e. The van der Waals surface area contributed by atoms with Gasteiger partial charge in [-0.3, -0.25) is 4.79 Å². The van der Waals surface area contributed by atoms with Crippen molar-refractivity contribution in [2.45, 2.75) is 20.3 Å². The van der Waals surface area contributed by atoms with Crippen LogP contribution in [-0.2, 0) is 0 Å². The molecule has 3 nitrogen and oxygen atoms in total. The van der Waals surface area contributed by atoms with Crippen LogP contribution in [0.2, 0.25) is 0 Å². The number of hydrogen-bond donors (Lipinski definition) is 1. The van der Waals surface area contributed by atoms with Crippen LogP contribution in [0.25, 0.3) is 10.1 Å². The summed E-state index contributed by atoms with van der Waals surface area (Å²) in [7, 11) is 0. The molecule has 21 heavy (non-hydrogen) atoms. The fourth-order valence-corrected chi connectivity index (χ4v) is 4.06. The highest BCUT2D eigenvalue weighted by Crippen LogP contribution is 2.35. The van der Waals surface area contributed by atoms with Crippen molar-refractivity contribution in [1.29, 1.82) is 0 Å². The van der Waals surface area contributed by atoms with Crippen LogP contribution in [0.15, 0.2) is 18.2 Å². The summed E-state index contributed by atoms with van der Waals surface area (Å²) < 4.78 is 14.3. The summed E-state index contributed by atoms with van der Waals surface area (Å²) in [6.07, 6.45) is 0.938. The van der Waals surface area contributed by atoms with E-state index < -0.39 is 0 Å². The van der Waals surface area contributed by atoms with E-state index in [1.165, 1.54) is 23.5 Å². The number of amides is 1. The lowest BCUT2D eigenvalue weighted by molar-refractivity contribution is 0.0781. The van der Waals surface area contributed by atoms with Crippen LogP contribution in [0.3, 0.4) is 0 Å². The third-order valence-electron chi connectivity index (χ3n) is 4.43. The molecule has 0 aliphatic carbocycles. The van der Waals surface area contributed by atoms with Gasteiger partial charge in [0.05, 0.1) is 4.88 Å². The number of benzene rings is 1. The minimum absolute atomic E-state index is 0.0202. The lowest BCUT2D eigenvalue weighted by Crippen LogP contribution is -2.34. The van der Waals surface area contributed by atoms with Crippen LogP contribution in [0, 0.1) is 18.2 Å². The number of hydrogen-bond acceptors (Lipinski definition) is 3. The Balaban J connectivity index is 1.94. The van der Waals surface area contributed by atoms with E-state index >= 15 is 0 Å². The zero-order valence-corrected chi connectivity index (χ0v) is 13.1. The molecule has 3 rings (SSSR count). The number of aryl methyl sites for hydroxylation is 1. The van der Waals surface area contributed by atoms with Gasteiger partial charge in [-0.1, -0.05) is 6.92 Å². The van der Waals surface area contributed by atoms with Crippen molar-refractivity contribution in [2.75, 3.05) is 19.6 Å². The fraction of sp³-hybridized carbons (Fsp3) is 0.438. The summed E-state index contributed by atoms with van der Waals surface area (Å²) in [4.78, 5) is 15.3. The number of fused-ring (bicyclic) bond motifs is 1. The van der Waals surface area contributed by atoms with E-state index in [9.17, 15) is 9.18 Å². The van der Waals surface area contributed by atoms with E-state index in [-0.39, 0.29) is 17.1 Å². The Morgan fingerprint density at radius 2 is 2.29 bits per heavy atom. The van der Waals surface area contributed by atoms with Gasteiger partial charge in [-0.2, -0.15) is 0 Å². The lowest BCUT2D eigenvalue weighted by atomic mass is 9.90. The Labute approximate surface area is 127 Å². The second-order valence-electron chi connectivity index (χ2n) is 6.19. The SMILES string of the molecule is Cc1c(C(=O)N2CCC(C)(CN)C2)sc2ccc(F)cc12. The number of thiophene rings is 1. The van der Waals surface area contributed by atoms with E-state index in [1.807, 2.05) is 11.8 Å². The molecular formula is C16H19FN2OS. The molecule has 1 fully saturated rings. The van der Waals surface area contributed by atoms with Gasteiger partial charge in [-0.05, 0) is 54.5 Å². The molecule has 112 valence electrons. The minimum Gasteiger partial charge on any atom is -0.337 e. The van der Waals surface area contributed by atoms with Gasteiger partial charge in [0.1, 0.15) is 5.82 Å². The number of carbonyl (C=O) groups excluding carboxylic acids is 1. The molecule has 0 saturated carbocycles. The summed E-state index contributed by atoms with van der Waals surface area (Å²) in [6, 6.07) is 4.69. The van der Waals surface area contributed by atoms with Crippen molar-refractivity contribution < 1.29 is 9.18 Å². The van der Waals surface area contributed by atoms with E-state index in [4.69, 9.17) is 5.73 Å². The van der Waals surface area contributed by atoms with Crippen molar-refractivity contribution in [2.24, 2.45) is 11.1 Å². The summed E-state index contributed by atoms with van der Waals surface area (Å²) in [5, 5.41) is 0.837. The summed E-state index contributed by atoms with van der Waals surface area (Å²) in [5.74, 6) is -0.217. The molecule has 2 aromatic rings. The highest BCUT2D eigenvalue weighted by Gasteiger charge is 2.36. The van der Waals surface area contributed by atoms with Crippen molar-refractivity contribution in [3.05, 3.63) is 34.5 Å². The van der Waals surface area contributed by atoms with E-state index in [0.717, 1.165) is 33.5 Å². The molecule has 1 unspecified atom stereocenters. The van der Waals surface area contributed by atoms with Gasteiger partial charge in [0.15, 0.2) is 0 Å². The average Bonchev–Trinajstić information content (AvgIpc) is 3.01. The third-order valence-corrected chi connectivity index (χ3v) is 5.69. The molecule has 0 radical (unpaired) electrons. The van der Waals surface area contributed by atoms with Crippen molar-refractivity contribution in [3.63, 3.8) is 0 Å². The molecule has 1 atom stereocenters. The monoisotopic (exact) mass is 306 g/mol. The Morgan fingerprint density at radius 1 is 1.52 bits per heavy atom. The molecule has 1 saturated heterocycles. The van der Waals surface area contributed by atoms with Gasteiger partial charge in [-0.25, -0.2) is 4.39 Å². The van der Waals surface area contributed by atoms with Gasteiger partial charge in [0.2, 0.25) is 0 Å². The number of halogens is 1. The van der Waals surface area contributed by atoms with E-state index in [1.54, 1.807) is 6.07 Å². The first-order chi connectivity index (χ1) is 9.93. The Hall–Kier alpha value is -1.46. The molecule has 1 aromatic carbocycles. The second-order valence-corrected chi connectivity index (χ2v) is 7.24. The first kappa shape index (κ1) is 14.5. The zero-order chi connectivity index (χ0) is 15.2. The number of nitrogens with zero attached hydrogens (tertiary/aromatic N) is 1. The molecule has 1 aliphatic rings. The topological polar surface area (TPSA) is 46.3 Å². The highest BCUT2D eigenvalue weighted by atomic mass is 32.1. The Morgan fingerprint density at radius 3 is 2.95 bits per heavy atom.